The summed E-state index contributed by atoms with van der Waals surface area (Å²) < 4.78 is 0. The summed E-state index contributed by atoms with van der Waals surface area (Å²) in [5.74, 6) is 2.72. The molecular formula is C16H28N2O. The molecule has 3 nitrogen and oxygen atoms in total. The van der Waals surface area contributed by atoms with Crippen LogP contribution in [0.2, 0.25) is 0 Å². The maximum atomic E-state index is 12.5. The monoisotopic (exact) mass is 264 g/mol. The van der Waals surface area contributed by atoms with Crippen LogP contribution in [0, 0.1) is 17.8 Å². The molecule has 0 radical (unpaired) electrons. The SMILES string of the molecule is CCC1C2CNCC2CN1C(=O)CCC1CCCC1. The van der Waals surface area contributed by atoms with Gasteiger partial charge in [-0.25, -0.2) is 0 Å². The minimum absolute atomic E-state index is 0.438. The Bertz CT molecular complexity index is 325. The molecule has 0 bridgehead atoms. The van der Waals surface area contributed by atoms with Crippen molar-refractivity contribution < 1.29 is 4.79 Å². The second-order valence-corrected chi connectivity index (χ2v) is 6.79. The molecule has 0 aromatic heterocycles. The fourth-order valence-corrected chi connectivity index (χ4v) is 4.60. The smallest absolute Gasteiger partial charge is 0.222 e. The van der Waals surface area contributed by atoms with Gasteiger partial charge in [0.15, 0.2) is 0 Å². The molecule has 1 aliphatic carbocycles. The van der Waals surface area contributed by atoms with Gasteiger partial charge in [0.25, 0.3) is 0 Å². The van der Waals surface area contributed by atoms with Crippen LogP contribution in [0.25, 0.3) is 0 Å². The normalized spacial score (nSPS) is 35.0. The molecule has 3 unspecified atom stereocenters. The van der Waals surface area contributed by atoms with E-state index >= 15 is 0 Å². The van der Waals surface area contributed by atoms with Gasteiger partial charge in [0.1, 0.15) is 0 Å². The largest absolute Gasteiger partial charge is 0.339 e. The number of carbonyl (C=O) groups is 1. The molecule has 3 atom stereocenters. The first-order valence-electron chi connectivity index (χ1n) is 8.29. The molecule has 2 saturated heterocycles. The van der Waals surface area contributed by atoms with Crippen LogP contribution in [0.4, 0.5) is 0 Å². The van der Waals surface area contributed by atoms with Crippen molar-refractivity contribution in [2.24, 2.45) is 17.8 Å². The molecule has 0 aromatic rings. The van der Waals surface area contributed by atoms with Gasteiger partial charge in [0.2, 0.25) is 5.91 Å². The van der Waals surface area contributed by atoms with Gasteiger partial charge in [-0.05, 0) is 30.6 Å². The molecule has 2 aliphatic heterocycles. The number of hydrogen-bond acceptors (Lipinski definition) is 2. The van der Waals surface area contributed by atoms with Gasteiger partial charge in [-0.2, -0.15) is 0 Å². The minimum atomic E-state index is 0.438. The predicted octanol–water partition coefficient (Wildman–Crippen LogP) is 2.41. The summed E-state index contributed by atoms with van der Waals surface area (Å²) in [6, 6.07) is 0.510. The van der Waals surface area contributed by atoms with E-state index in [0.717, 1.165) is 56.7 Å². The van der Waals surface area contributed by atoms with Crippen LogP contribution in [-0.4, -0.2) is 36.5 Å². The third-order valence-electron chi connectivity index (χ3n) is 5.70. The fourth-order valence-electron chi connectivity index (χ4n) is 4.60. The first kappa shape index (κ1) is 13.4. The van der Waals surface area contributed by atoms with Crippen molar-refractivity contribution in [2.45, 2.75) is 57.9 Å². The zero-order chi connectivity index (χ0) is 13.2. The highest BCUT2D eigenvalue weighted by Crippen LogP contribution is 2.35. The third kappa shape index (κ3) is 2.67. The lowest BCUT2D eigenvalue weighted by Gasteiger charge is -2.27. The number of fused-ring (bicyclic) bond motifs is 1. The number of carbonyl (C=O) groups excluding carboxylic acids is 1. The molecule has 1 N–H and O–H groups in total. The molecule has 1 amide bonds. The number of hydrogen-bond donors (Lipinski definition) is 1. The molecule has 2 heterocycles. The van der Waals surface area contributed by atoms with E-state index in [-0.39, 0.29) is 0 Å². The molecule has 0 aromatic carbocycles. The lowest BCUT2D eigenvalue weighted by Crippen LogP contribution is -2.39. The maximum Gasteiger partial charge on any atom is 0.222 e. The molecule has 3 aliphatic rings. The van der Waals surface area contributed by atoms with Gasteiger partial charge >= 0.3 is 0 Å². The number of likely N-dealkylation sites (tertiary alicyclic amines) is 1. The van der Waals surface area contributed by atoms with Crippen LogP contribution in [0.15, 0.2) is 0 Å². The molecule has 3 fully saturated rings. The average molecular weight is 264 g/mol. The van der Waals surface area contributed by atoms with Crippen LogP contribution in [0.5, 0.6) is 0 Å². The Labute approximate surface area is 117 Å². The molecule has 19 heavy (non-hydrogen) atoms. The second kappa shape index (κ2) is 5.82. The standard InChI is InChI=1S/C16H28N2O/c1-2-15-14-10-17-9-13(14)11-18(15)16(19)8-7-12-5-3-4-6-12/h12-15,17H,2-11H2,1H3. The summed E-state index contributed by atoms with van der Waals surface area (Å²) >= 11 is 0. The number of nitrogens with zero attached hydrogens (tertiary/aromatic N) is 1. The first-order chi connectivity index (χ1) is 9.29. The molecule has 1 saturated carbocycles. The zero-order valence-electron chi connectivity index (χ0n) is 12.2. The van der Waals surface area contributed by atoms with Crippen LogP contribution < -0.4 is 5.32 Å². The van der Waals surface area contributed by atoms with Gasteiger partial charge in [0.05, 0.1) is 0 Å². The number of nitrogens with one attached hydrogen (secondary N) is 1. The number of amides is 1. The Morgan fingerprint density at radius 3 is 2.79 bits per heavy atom. The van der Waals surface area contributed by atoms with Gasteiger partial charge in [-0.1, -0.05) is 32.6 Å². The van der Waals surface area contributed by atoms with Gasteiger partial charge in [0, 0.05) is 32.1 Å². The fraction of sp³-hybridized carbons (Fsp3) is 0.938. The van der Waals surface area contributed by atoms with Crippen molar-refractivity contribution in [3.05, 3.63) is 0 Å². The Morgan fingerprint density at radius 2 is 2.05 bits per heavy atom. The summed E-state index contributed by atoms with van der Waals surface area (Å²) in [4.78, 5) is 14.7. The van der Waals surface area contributed by atoms with E-state index in [1.54, 1.807) is 0 Å². The summed E-state index contributed by atoms with van der Waals surface area (Å²) in [5, 5.41) is 3.49. The third-order valence-corrected chi connectivity index (χ3v) is 5.70. The van der Waals surface area contributed by atoms with Gasteiger partial charge in [-0.15, -0.1) is 0 Å². The van der Waals surface area contributed by atoms with Crippen LogP contribution in [0.1, 0.15) is 51.9 Å². The lowest BCUT2D eigenvalue weighted by molar-refractivity contribution is -0.132. The van der Waals surface area contributed by atoms with Crippen LogP contribution in [0.3, 0.4) is 0 Å². The summed E-state index contributed by atoms with van der Waals surface area (Å²) in [5.41, 5.74) is 0. The Kier molecular flexibility index (Phi) is 4.11. The number of rotatable bonds is 4. The maximum absolute atomic E-state index is 12.5. The van der Waals surface area contributed by atoms with Crippen molar-refractivity contribution in [2.75, 3.05) is 19.6 Å². The minimum Gasteiger partial charge on any atom is -0.339 e. The average Bonchev–Trinajstić information content (AvgIpc) is 3.11. The lowest BCUT2D eigenvalue weighted by atomic mass is 9.93. The van der Waals surface area contributed by atoms with Crippen molar-refractivity contribution in [3.8, 4) is 0 Å². The van der Waals surface area contributed by atoms with Crippen molar-refractivity contribution >= 4 is 5.91 Å². The summed E-state index contributed by atoms with van der Waals surface area (Å²) in [6.45, 7) is 5.49. The van der Waals surface area contributed by atoms with Gasteiger partial charge in [-0.3, -0.25) is 4.79 Å². The predicted molar refractivity (Wildman–Crippen MR) is 76.8 cm³/mol. The van der Waals surface area contributed by atoms with E-state index in [1.165, 1.54) is 25.7 Å². The molecule has 3 heteroatoms. The van der Waals surface area contributed by atoms with E-state index in [1.807, 2.05) is 0 Å². The molecule has 3 rings (SSSR count). The van der Waals surface area contributed by atoms with Crippen molar-refractivity contribution in [3.63, 3.8) is 0 Å². The molecular weight excluding hydrogens is 236 g/mol. The highest BCUT2D eigenvalue weighted by molar-refractivity contribution is 5.77. The molecule has 108 valence electrons. The van der Waals surface area contributed by atoms with Crippen LogP contribution >= 0.6 is 0 Å². The summed E-state index contributed by atoms with van der Waals surface area (Å²) in [6.07, 6.45) is 8.55. The quantitative estimate of drug-likeness (QED) is 0.845. The highest BCUT2D eigenvalue weighted by atomic mass is 16.2. The first-order valence-corrected chi connectivity index (χ1v) is 8.29. The van der Waals surface area contributed by atoms with Crippen LogP contribution in [-0.2, 0) is 4.79 Å². The second-order valence-electron chi connectivity index (χ2n) is 6.79. The topological polar surface area (TPSA) is 32.3 Å². The van der Waals surface area contributed by atoms with E-state index in [9.17, 15) is 4.79 Å². The van der Waals surface area contributed by atoms with E-state index in [2.05, 4.69) is 17.1 Å². The van der Waals surface area contributed by atoms with E-state index in [0.29, 0.717) is 11.9 Å². The van der Waals surface area contributed by atoms with Crippen molar-refractivity contribution in [1.82, 2.24) is 10.2 Å². The summed E-state index contributed by atoms with van der Waals surface area (Å²) in [7, 11) is 0. The van der Waals surface area contributed by atoms with Crippen molar-refractivity contribution in [1.29, 1.82) is 0 Å². The Morgan fingerprint density at radius 1 is 1.26 bits per heavy atom. The Hall–Kier alpha value is -0.570. The zero-order valence-corrected chi connectivity index (χ0v) is 12.2. The van der Waals surface area contributed by atoms with Gasteiger partial charge < -0.3 is 10.2 Å². The van der Waals surface area contributed by atoms with E-state index < -0.39 is 0 Å². The molecule has 0 spiro atoms. The highest BCUT2D eigenvalue weighted by Gasteiger charge is 2.44. The Balaban J connectivity index is 1.53. The van der Waals surface area contributed by atoms with E-state index in [4.69, 9.17) is 0 Å².